The summed E-state index contributed by atoms with van der Waals surface area (Å²) in [6.45, 7) is 12.4. The van der Waals surface area contributed by atoms with Crippen molar-refractivity contribution in [2.24, 2.45) is 0 Å². The summed E-state index contributed by atoms with van der Waals surface area (Å²) in [5.41, 5.74) is 2.61. The fourth-order valence-corrected chi connectivity index (χ4v) is 2.85. The van der Waals surface area contributed by atoms with Gasteiger partial charge in [0.05, 0.1) is 5.69 Å². The molecule has 0 aromatic heterocycles. The van der Waals surface area contributed by atoms with Gasteiger partial charge in [-0.3, -0.25) is 0 Å². The van der Waals surface area contributed by atoms with Crippen LogP contribution in [0.2, 0.25) is 18.1 Å². The molecule has 1 aliphatic heterocycles. The van der Waals surface area contributed by atoms with Gasteiger partial charge in [0.1, 0.15) is 5.75 Å². The molecule has 0 atom stereocenters. The molecule has 0 saturated heterocycles. The smallest absolute Gasteiger partial charge is 0.250 e. The molecule has 0 amide bonds. The highest BCUT2D eigenvalue weighted by atomic mass is 28.4. The zero-order chi connectivity index (χ0) is 12.7. The number of hydrogen-bond donors (Lipinski definition) is 1. The Labute approximate surface area is 106 Å². The van der Waals surface area contributed by atoms with Crippen molar-refractivity contribution in [2.45, 2.75) is 45.3 Å². The van der Waals surface area contributed by atoms with Crippen LogP contribution < -0.4 is 9.74 Å². The van der Waals surface area contributed by atoms with E-state index in [2.05, 4.69) is 57.4 Å². The quantitative estimate of drug-likeness (QED) is 0.799. The lowest BCUT2D eigenvalue weighted by atomic mass is 10.1. The van der Waals surface area contributed by atoms with Crippen molar-refractivity contribution in [3.8, 4) is 5.75 Å². The van der Waals surface area contributed by atoms with Crippen LogP contribution in [0.3, 0.4) is 0 Å². The molecule has 1 N–H and O–H groups in total. The summed E-state index contributed by atoms with van der Waals surface area (Å²) < 4.78 is 6.39. The van der Waals surface area contributed by atoms with E-state index in [9.17, 15) is 0 Å². The molecular formula is C14H23NOSi. The molecule has 0 aliphatic carbocycles. The molecule has 94 valence electrons. The van der Waals surface area contributed by atoms with Crippen LogP contribution >= 0.6 is 0 Å². The predicted octanol–water partition coefficient (Wildman–Crippen LogP) is 4.04. The van der Waals surface area contributed by atoms with Crippen LogP contribution in [0.1, 0.15) is 26.3 Å². The lowest BCUT2D eigenvalue weighted by Gasteiger charge is -2.37. The highest BCUT2D eigenvalue weighted by Crippen LogP contribution is 2.41. The highest BCUT2D eigenvalue weighted by molar-refractivity contribution is 6.74. The summed E-state index contributed by atoms with van der Waals surface area (Å²) in [5, 5.41) is 3.68. The number of fused-ring (bicyclic) bond motifs is 1. The lowest BCUT2D eigenvalue weighted by Crippen LogP contribution is -2.44. The Hall–Kier alpha value is -0.963. The molecule has 17 heavy (non-hydrogen) atoms. The van der Waals surface area contributed by atoms with Crippen LogP contribution in [0.25, 0.3) is 0 Å². The Balaban J connectivity index is 2.29. The first-order valence-corrected chi connectivity index (χ1v) is 9.27. The monoisotopic (exact) mass is 249 g/mol. The van der Waals surface area contributed by atoms with Gasteiger partial charge in [-0.15, -0.1) is 0 Å². The molecule has 0 bridgehead atoms. The van der Waals surface area contributed by atoms with Crippen molar-refractivity contribution < 1.29 is 4.43 Å². The van der Waals surface area contributed by atoms with Crippen LogP contribution in [0.4, 0.5) is 5.69 Å². The van der Waals surface area contributed by atoms with E-state index < -0.39 is 8.32 Å². The predicted molar refractivity (Wildman–Crippen MR) is 76.5 cm³/mol. The van der Waals surface area contributed by atoms with Crippen LogP contribution in [-0.4, -0.2) is 14.9 Å². The Morgan fingerprint density at radius 1 is 1.24 bits per heavy atom. The minimum absolute atomic E-state index is 0.244. The van der Waals surface area contributed by atoms with E-state index >= 15 is 0 Å². The maximum Gasteiger partial charge on any atom is 0.250 e. The maximum atomic E-state index is 6.39. The van der Waals surface area contributed by atoms with Crippen molar-refractivity contribution in [3.63, 3.8) is 0 Å². The number of nitrogens with one attached hydrogen (secondary N) is 1. The normalized spacial score (nSPS) is 15.4. The molecule has 1 aliphatic rings. The largest absolute Gasteiger partial charge is 0.542 e. The van der Waals surface area contributed by atoms with Crippen molar-refractivity contribution >= 4 is 14.0 Å². The zero-order valence-electron chi connectivity index (χ0n) is 11.6. The SMILES string of the molecule is CC(C)(C)[Si](C)(C)Oc1cccc2c1NCC2. The molecule has 2 nitrogen and oxygen atoms in total. The van der Waals surface area contributed by atoms with Crippen LogP contribution in [0.5, 0.6) is 5.75 Å². The van der Waals surface area contributed by atoms with Gasteiger partial charge in [0, 0.05) is 6.54 Å². The van der Waals surface area contributed by atoms with E-state index in [-0.39, 0.29) is 5.04 Å². The molecule has 1 heterocycles. The molecule has 3 heteroatoms. The van der Waals surface area contributed by atoms with E-state index in [1.54, 1.807) is 0 Å². The molecule has 1 aromatic rings. The standard InChI is InChI=1S/C14H23NOSi/c1-14(2,3)17(4,5)16-12-8-6-7-11-9-10-15-13(11)12/h6-8,15H,9-10H2,1-5H3. The average Bonchev–Trinajstić information content (AvgIpc) is 2.64. The molecule has 0 radical (unpaired) electrons. The first-order chi connectivity index (χ1) is 7.81. The second-order valence-corrected chi connectivity index (χ2v) is 11.1. The minimum Gasteiger partial charge on any atom is -0.542 e. The van der Waals surface area contributed by atoms with E-state index in [1.165, 1.54) is 11.3 Å². The second kappa shape index (κ2) is 4.05. The minimum atomic E-state index is -1.73. The summed E-state index contributed by atoms with van der Waals surface area (Å²) in [7, 11) is -1.73. The molecule has 1 aromatic carbocycles. The fourth-order valence-electron chi connectivity index (χ4n) is 1.82. The number of benzene rings is 1. The summed E-state index contributed by atoms with van der Waals surface area (Å²) in [5.74, 6) is 1.05. The van der Waals surface area contributed by atoms with Crippen molar-refractivity contribution in [3.05, 3.63) is 23.8 Å². The topological polar surface area (TPSA) is 21.3 Å². The van der Waals surface area contributed by atoms with Gasteiger partial charge < -0.3 is 9.74 Å². The summed E-state index contributed by atoms with van der Waals surface area (Å²) in [4.78, 5) is 0. The molecule has 0 saturated carbocycles. The molecule has 2 rings (SSSR count). The van der Waals surface area contributed by atoms with E-state index in [0.29, 0.717) is 0 Å². The van der Waals surface area contributed by atoms with E-state index in [1.807, 2.05) is 0 Å². The summed E-state index contributed by atoms with van der Waals surface area (Å²) >= 11 is 0. The Morgan fingerprint density at radius 2 is 1.94 bits per heavy atom. The molecule has 0 spiro atoms. The fraction of sp³-hybridized carbons (Fsp3) is 0.571. The van der Waals surface area contributed by atoms with Gasteiger partial charge in [-0.2, -0.15) is 0 Å². The number of anilines is 1. The number of hydrogen-bond acceptors (Lipinski definition) is 2. The van der Waals surface area contributed by atoms with Gasteiger partial charge >= 0.3 is 0 Å². The third-order valence-corrected chi connectivity index (χ3v) is 8.32. The van der Waals surface area contributed by atoms with Crippen LogP contribution in [0.15, 0.2) is 18.2 Å². The summed E-state index contributed by atoms with van der Waals surface area (Å²) in [6, 6.07) is 6.39. The van der Waals surface area contributed by atoms with Gasteiger partial charge in [-0.1, -0.05) is 32.9 Å². The van der Waals surface area contributed by atoms with Crippen LogP contribution in [-0.2, 0) is 6.42 Å². The highest BCUT2D eigenvalue weighted by Gasteiger charge is 2.39. The van der Waals surface area contributed by atoms with Crippen LogP contribution in [0, 0.1) is 0 Å². The Kier molecular flexibility index (Phi) is 2.98. The lowest BCUT2D eigenvalue weighted by molar-refractivity contribution is 0.494. The Bertz CT molecular complexity index is 421. The van der Waals surface area contributed by atoms with Gasteiger partial charge in [0.2, 0.25) is 0 Å². The number of rotatable bonds is 2. The van der Waals surface area contributed by atoms with Gasteiger partial charge in [0.25, 0.3) is 8.32 Å². The maximum absolute atomic E-state index is 6.39. The second-order valence-electron chi connectivity index (χ2n) is 6.33. The zero-order valence-corrected chi connectivity index (χ0v) is 12.6. The van der Waals surface area contributed by atoms with Gasteiger partial charge in [-0.05, 0) is 36.2 Å². The first kappa shape index (κ1) is 12.5. The average molecular weight is 249 g/mol. The van der Waals surface area contributed by atoms with Gasteiger partial charge in [0.15, 0.2) is 0 Å². The number of para-hydroxylation sites is 1. The third kappa shape index (κ3) is 2.34. The molecule has 0 unspecified atom stereocenters. The third-order valence-electron chi connectivity index (χ3n) is 3.98. The first-order valence-electron chi connectivity index (χ1n) is 6.36. The van der Waals surface area contributed by atoms with Crippen molar-refractivity contribution in [2.75, 3.05) is 11.9 Å². The molecular weight excluding hydrogens is 226 g/mol. The van der Waals surface area contributed by atoms with E-state index in [0.717, 1.165) is 18.7 Å². The molecule has 0 fully saturated rings. The Morgan fingerprint density at radius 3 is 2.59 bits per heavy atom. The summed E-state index contributed by atoms with van der Waals surface area (Å²) in [6.07, 6.45) is 1.12. The van der Waals surface area contributed by atoms with Gasteiger partial charge in [-0.25, -0.2) is 0 Å². The van der Waals surface area contributed by atoms with E-state index in [4.69, 9.17) is 4.43 Å². The van der Waals surface area contributed by atoms with Crippen molar-refractivity contribution in [1.82, 2.24) is 0 Å². The van der Waals surface area contributed by atoms with Crippen molar-refractivity contribution in [1.29, 1.82) is 0 Å².